The highest BCUT2D eigenvalue weighted by Gasteiger charge is 2.31. The van der Waals surface area contributed by atoms with Crippen LogP contribution in [0.3, 0.4) is 0 Å². The van der Waals surface area contributed by atoms with Gasteiger partial charge in [0.1, 0.15) is 10.7 Å². The van der Waals surface area contributed by atoms with Gasteiger partial charge in [-0.15, -0.1) is 16.4 Å². The molecule has 0 amide bonds. The molecule has 0 saturated carbocycles. The first-order valence-electron chi connectivity index (χ1n) is 9.92. The number of likely N-dealkylation sites (tertiary alicyclic amines) is 1. The van der Waals surface area contributed by atoms with Crippen LogP contribution >= 0.6 is 11.3 Å². The fourth-order valence-corrected chi connectivity index (χ4v) is 5.63. The van der Waals surface area contributed by atoms with Crippen LogP contribution < -0.4 is 0 Å². The second kappa shape index (κ2) is 6.22. The lowest BCUT2D eigenvalue weighted by Gasteiger charge is -2.30. The number of fused-ring (bicyclic) bond motifs is 5. The minimum atomic E-state index is -0.143. The van der Waals surface area contributed by atoms with E-state index in [9.17, 15) is 0 Å². The SMILES string of the molecule is Cc1nc2sc3c(c2c2nc(CN4CCC[C@H](C)C4)nn12)CC(C)(C)OC3. The minimum absolute atomic E-state index is 0.143. The van der Waals surface area contributed by atoms with Gasteiger partial charge < -0.3 is 4.74 Å². The summed E-state index contributed by atoms with van der Waals surface area (Å²) in [5, 5.41) is 6.00. The molecule has 3 aromatic heterocycles. The van der Waals surface area contributed by atoms with Crippen molar-refractivity contribution in [1.82, 2.24) is 24.5 Å². The van der Waals surface area contributed by atoms with Crippen LogP contribution in [-0.2, 0) is 24.3 Å². The third kappa shape index (κ3) is 3.05. The highest BCUT2D eigenvalue weighted by molar-refractivity contribution is 7.19. The number of hydrogen-bond acceptors (Lipinski definition) is 6. The van der Waals surface area contributed by atoms with Gasteiger partial charge in [-0.25, -0.2) is 9.97 Å². The van der Waals surface area contributed by atoms with Gasteiger partial charge in [0.2, 0.25) is 0 Å². The summed E-state index contributed by atoms with van der Waals surface area (Å²) in [6, 6.07) is 0. The molecule has 7 heteroatoms. The van der Waals surface area contributed by atoms with E-state index in [0.717, 1.165) is 54.1 Å². The Balaban J connectivity index is 1.60. The van der Waals surface area contributed by atoms with Crippen molar-refractivity contribution in [3.63, 3.8) is 0 Å². The lowest BCUT2D eigenvalue weighted by Crippen LogP contribution is -2.34. The molecule has 0 unspecified atom stereocenters. The molecule has 2 aliphatic rings. The molecular weight excluding hydrogens is 358 g/mol. The zero-order valence-electron chi connectivity index (χ0n) is 16.6. The summed E-state index contributed by atoms with van der Waals surface area (Å²) < 4.78 is 7.96. The Morgan fingerprint density at radius 1 is 1.30 bits per heavy atom. The van der Waals surface area contributed by atoms with E-state index in [2.05, 4.69) is 25.7 Å². The van der Waals surface area contributed by atoms with E-state index in [1.807, 2.05) is 11.4 Å². The van der Waals surface area contributed by atoms with E-state index in [0.29, 0.717) is 6.61 Å². The van der Waals surface area contributed by atoms with Crippen LogP contribution in [0, 0.1) is 12.8 Å². The highest BCUT2D eigenvalue weighted by atomic mass is 32.1. The Bertz CT molecular complexity index is 1020. The summed E-state index contributed by atoms with van der Waals surface area (Å²) in [5.41, 5.74) is 2.18. The van der Waals surface area contributed by atoms with Gasteiger partial charge in [0, 0.05) is 17.8 Å². The molecule has 1 atom stereocenters. The normalized spacial score (nSPS) is 23.2. The highest BCUT2D eigenvalue weighted by Crippen LogP contribution is 2.39. The third-order valence-corrected chi connectivity index (χ3v) is 6.92. The van der Waals surface area contributed by atoms with E-state index in [1.165, 1.54) is 28.7 Å². The van der Waals surface area contributed by atoms with Crippen LogP contribution in [0.1, 0.15) is 55.7 Å². The fraction of sp³-hybridized carbons (Fsp3) is 0.650. The van der Waals surface area contributed by atoms with Crippen molar-refractivity contribution in [1.29, 1.82) is 0 Å². The molecule has 6 nitrogen and oxygen atoms in total. The van der Waals surface area contributed by atoms with Crippen molar-refractivity contribution in [3.8, 4) is 0 Å². The maximum Gasteiger partial charge on any atom is 0.168 e. The van der Waals surface area contributed by atoms with E-state index in [-0.39, 0.29) is 5.60 Å². The topological polar surface area (TPSA) is 55.6 Å². The lowest BCUT2D eigenvalue weighted by molar-refractivity contribution is -0.0379. The molecule has 2 aliphatic heterocycles. The number of rotatable bonds is 2. The smallest absolute Gasteiger partial charge is 0.168 e. The van der Waals surface area contributed by atoms with Crippen LogP contribution in [0.15, 0.2) is 0 Å². The fourth-order valence-electron chi connectivity index (χ4n) is 4.48. The van der Waals surface area contributed by atoms with Gasteiger partial charge in [-0.05, 0) is 51.6 Å². The molecule has 0 N–H and O–H groups in total. The van der Waals surface area contributed by atoms with Gasteiger partial charge >= 0.3 is 0 Å². The second-order valence-corrected chi connectivity index (χ2v) is 9.90. The number of ether oxygens (including phenoxy) is 1. The van der Waals surface area contributed by atoms with Crippen LogP contribution in [0.2, 0.25) is 0 Å². The quantitative estimate of drug-likeness (QED) is 0.673. The van der Waals surface area contributed by atoms with Crippen LogP contribution in [0.5, 0.6) is 0 Å². The molecule has 0 spiro atoms. The van der Waals surface area contributed by atoms with Gasteiger partial charge in [-0.1, -0.05) is 6.92 Å². The van der Waals surface area contributed by atoms with Gasteiger partial charge in [0.15, 0.2) is 11.5 Å². The summed E-state index contributed by atoms with van der Waals surface area (Å²) in [5.74, 6) is 2.58. The number of nitrogens with zero attached hydrogens (tertiary/aromatic N) is 5. The maximum absolute atomic E-state index is 6.01. The summed E-state index contributed by atoms with van der Waals surface area (Å²) in [7, 11) is 0. The van der Waals surface area contributed by atoms with Crippen molar-refractivity contribution in [2.75, 3.05) is 13.1 Å². The summed E-state index contributed by atoms with van der Waals surface area (Å²) >= 11 is 1.75. The summed E-state index contributed by atoms with van der Waals surface area (Å²) in [6.07, 6.45) is 3.50. The second-order valence-electron chi connectivity index (χ2n) is 8.81. The molecule has 0 aromatic carbocycles. The van der Waals surface area contributed by atoms with Crippen molar-refractivity contribution in [3.05, 3.63) is 22.1 Å². The molecule has 1 saturated heterocycles. The Morgan fingerprint density at radius 3 is 2.96 bits per heavy atom. The molecule has 5 heterocycles. The maximum atomic E-state index is 6.01. The van der Waals surface area contributed by atoms with Gasteiger partial charge in [0.25, 0.3) is 0 Å². The van der Waals surface area contributed by atoms with Crippen molar-refractivity contribution >= 4 is 27.2 Å². The van der Waals surface area contributed by atoms with E-state index in [4.69, 9.17) is 19.8 Å². The predicted octanol–water partition coefficient (Wildman–Crippen LogP) is 3.73. The Labute approximate surface area is 163 Å². The van der Waals surface area contributed by atoms with Crippen LogP contribution in [0.4, 0.5) is 0 Å². The summed E-state index contributed by atoms with van der Waals surface area (Å²) in [6.45, 7) is 12.5. The molecule has 5 rings (SSSR count). The molecule has 3 aromatic rings. The number of piperidine rings is 1. The number of thiophene rings is 1. The molecule has 144 valence electrons. The number of aromatic nitrogens is 4. The number of hydrogen-bond donors (Lipinski definition) is 0. The average molecular weight is 386 g/mol. The molecule has 0 radical (unpaired) electrons. The molecular formula is C20H27N5OS. The minimum Gasteiger partial charge on any atom is -0.370 e. The van der Waals surface area contributed by atoms with Crippen molar-refractivity contribution < 1.29 is 4.74 Å². The van der Waals surface area contributed by atoms with Crippen molar-refractivity contribution in [2.24, 2.45) is 5.92 Å². The molecule has 0 bridgehead atoms. The number of aryl methyl sites for hydroxylation is 1. The van der Waals surface area contributed by atoms with E-state index >= 15 is 0 Å². The lowest BCUT2D eigenvalue weighted by atomic mass is 9.94. The standard InChI is InChI=1S/C20H27N5OS/c1-12-6-5-7-24(9-12)10-16-22-18-17-14-8-20(3,4)26-11-15(14)27-19(17)21-13(2)25(18)23-16/h12H,5-11H2,1-4H3/t12-/m0/s1. The van der Waals surface area contributed by atoms with E-state index in [1.54, 1.807) is 11.3 Å². The molecule has 27 heavy (non-hydrogen) atoms. The Hall–Kier alpha value is -1.57. The monoisotopic (exact) mass is 385 g/mol. The van der Waals surface area contributed by atoms with Crippen molar-refractivity contribution in [2.45, 2.75) is 65.7 Å². The Kier molecular flexibility index (Phi) is 4.04. The van der Waals surface area contributed by atoms with Crippen LogP contribution in [-0.4, -0.2) is 43.2 Å². The first-order valence-corrected chi connectivity index (χ1v) is 10.7. The zero-order chi connectivity index (χ0) is 18.8. The first kappa shape index (κ1) is 17.5. The van der Waals surface area contributed by atoms with Crippen LogP contribution in [0.25, 0.3) is 15.9 Å². The van der Waals surface area contributed by atoms with Gasteiger partial charge in [0.05, 0.1) is 24.1 Å². The molecule has 1 fully saturated rings. The zero-order valence-corrected chi connectivity index (χ0v) is 17.4. The first-order chi connectivity index (χ1) is 12.9. The van der Waals surface area contributed by atoms with Gasteiger partial charge in [-0.2, -0.15) is 4.52 Å². The predicted molar refractivity (Wildman–Crippen MR) is 107 cm³/mol. The summed E-state index contributed by atoms with van der Waals surface area (Å²) in [4.78, 5) is 14.7. The molecule has 0 aliphatic carbocycles. The largest absolute Gasteiger partial charge is 0.370 e. The average Bonchev–Trinajstić information content (AvgIpc) is 3.15. The Morgan fingerprint density at radius 2 is 2.15 bits per heavy atom. The van der Waals surface area contributed by atoms with Gasteiger partial charge in [-0.3, -0.25) is 4.90 Å². The van der Waals surface area contributed by atoms with E-state index < -0.39 is 0 Å². The third-order valence-electron chi connectivity index (χ3n) is 5.82.